The summed E-state index contributed by atoms with van der Waals surface area (Å²) in [5.41, 5.74) is -1.33. The zero-order valence-corrected chi connectivity index (χ0v) is 14.3. The zero-order chi connectivity index (χ0) is 20.2. The van der Waals surface area contributed by atoms with Crippen molar-refractivity contribution >= 4 is 34.7 Å². The Kier molecular flexibility index (Phi) is 3.99. The van der Waals surface area contributed by atoms with Gasteiger partial charge >= 0.3 is 17.2 Å². The molecule has 3 amide bonds. The molecule has 0 aromatic heterocycles. The van der Waals surface area contributed by atoms with Crippen molar-refractivity contribution in [2.24, 2.45) is 15.9 Å². The molecule has 3 aliphatic heterocycles. The van der Waals surface area contributed by atoms with Gasteiger partial charge < -0.3 is 5.32 Å². The van der Waals surface area contributed by atoms with Crippen molar-refractivity contribution in [3.63, 3.8) is 0 Å². The Balaban J connectivity index is 1.84. The Morgan fingerprint density at radius 2 is 1.93 bits per heavy atom. The maximum absolute atomic E-state index is 13.4. The van der Waals surface area contributed by atoms with Gasteiger partial charge in [-0.25, -0.2) is 4.79 Å². The molecular formula is C15H8F3N5O4S. The number of halogens is 3. The minimum Gasteiger partial charge on any atom is -0.328 e. The molecule has 0 saturated heterocycles. The highest BCUT2D eigenvalue weighted by Gasteiger charge is 2.50. The highest BCUT2D eigenvalue weighted by atomic mass is 32.2. The number of nitrogens with one attached hydrogen (secondary N) is 1. The lowest BCUT2D eigenvalue weighted by molar-refractivity contribution is -0.410. The molecule has 9 nitrogen and oxygen atoms in total. The van der Waals surface area contributed by atoms with Crippen molar-refractivity contribution < 1.29 is 27.7 Å². The summed E-state index contributed by atoms with van der Waals surface area (Å²) in [6.45, 7) is 0. The van der Waals surface area contributed by atoms with E-state index in [1.165, 1.54) is 12.1 Å². The molecule has 13 heteroatoms. The van der Waals surface area contributed by atoms with Crippen molar-refractivity contribution in [2.75, 3.05) is 0 Å². The number of amidine groups is 2. The Morgan fingerprint density at radius 1 is 1.21 bits per heavy atom. The second-order valence-electron chi connectivity index (χ2n) is 5.89. The number of thioether (sulfide) groups is 1. The van der Waals surface area contributed by atoms with Gasteiger partial charge in [0.15, 0.2) is 5.17 Å². The highest BCUT2D eigenvalue weighted by molar-refractivity contribution is 8.17. The predicted molar refractivity (Wildman–Crippen MR) is 90.6 cm³/mol. The number of benzene rings is 1. The number of hydrogen-bond acceptors (Lipinski definition) is 6. The fourth-order valence-corrected chi connectivity index (χ4v) is 3.94. The smallest absolute Gasteiger partial charge is 0.328 e. The Morgan fingerprint density at radius 3 is 2.61 bits per heavy atom. The average molecular weight is 411 g/mol. The largest absolute Gasteiger partial charge is 0.416 e. The molecule has 0 bridgehead atoms. The van der Waals surface area contributed by atoms with Crippen LogP contribution in [0.25, 0.3) is 0 Å². The van der Waals surface area contributed by atoms with Gasteiger partial charge in [0.05, 0.1) is 22.7 Å². The van der Waals surface area contributed by atoms with Crippen molar-refractivity contribution in [3.8, 4) is 0 Å². The first-order chi connectivity index (χ1) is 13.2. The van der Waals surface area contributed by atoms with Gasteiger partial charge in [-0.15, -0.1) is 0 Å². The second kappa shape index (κ2) is 6.15. The number of carbonyl (C=O) groups excluding carboxylic acids is 2. The van der Waals surface area contributed by atoms with E-state index in [0.717, 1.165) is 23.2 Å². The molecular weight excluding hydrogens is 403 g/mol. The van der Waals surface area contributed by atoms with Crippen LogP contribution in [0.15, 0.2) is 45.5 Å². The highest BCUT2D eigenvalue weighted by Crippen LogP contribution is 2.42. The van der Waals surface area contributed by atoms with Crippen LogP contribution in [0.4, 0.5) is 18.0 Å². The summed E-state index contributed by atoms with van der Waals surface area (Å²) < 4.78 is 40.3. The van der Waals surface area contributed by atoms with Crippen LogP contribution in [0, 0.1) is 16.0 Å². The summed E-state index contributed by atoms with van der Waals surface area (Å²) in [7, 11) is 0. The van der Waals surface area contributed by atoms with Crippen LogP contribution >= 0.6 is 11.8 Å². The molecule has 2 unspecified atom stereocenters. The van der Waals surface area contributed by atoms with Gasteiger partial charge in [0, 0.05) is 11.8 Å². The molecule has 0 radical (unpaired) electrons. The number of aliphatic imine (C=N–C) groups is 2. The number of alkyl halides is 3. The molecule has 144 valence electrons. The summed E-state index contributed by atoms with van der Waals surface area (Å²) in [6.07, 6.45) is -3.68. The molecule has 1 aromatic carbocycles. The number of amides is 3. The quantitative estimate of drug-likeness (QED) is 0.590. The van der Waals surface area contributed by atoms with Crippen molar-refractivity contribution in [1.29, 1.82) is 0 Å². The van der Waals surface area contributed by atoms with Crippen molar-refractivity contribution in [3.05, 3.63) is 56.7 Å². The summed E-state index contributed by atoms with van der Waals surface area (Å²) in [6, 6.07) is 2.18. The molecule has 3 aliphatic rings. The number of hydrogen-bond donors (Lipinski definition) is 1. The van der Waals surface area contributed by atoms with Gasteiger partial charge in [-0.1, -0.05) is 18.2 Å². The molecule has 0 fully saturated rings. The third-order valence-corrected chi connectivity index (χ3v) is 5.18. The number of nitrogens with zero attached hydrogens (tertiary/aromatic N) is 4. The number of rotatable bonds is 2. The summed E-state index contributed by atoms with van der Waals surface area (Å²) in [4.78, 5) is 43.4. The third-order valence-electron chi connectivity index (χ3n) is 4.25. The van der Waals surface area contributed by atoms with Crippen molar-refractivity contribution in [2.45, 2.75) is 12.2 Å². The maximum Gasteiger partial charge on any atom is 0.416 e. The normalized spacial score (nSPS) is 24.0. The first-order valence-corrected chi connectivity index (χ1v) is 8.49. The lowest BCUT2D eigenvalue weighted by atomic mass is 9.86. The molecule has 1 N–H and O–H groups in total. The topological polar surface area (TPSA) is 117 Å². The molecule has 1 aromatic rings. The third kappa shape index (κ3) is 2.83. The van der Waals surface area contributed by atoms with Crippen LogP contribution in [0.5, 0.6) is 0 Å². The van der Waals surface area contributed by atoms with Gasteiger partial charge in [0.2, 0.25) is 0 Å². The van der Waals surface area contributed by atoms with E-state index < -0.39 is 40.6 Å². The summed E-state index contributed by atoms with van der Waals surface area (Å²) in [5.74, 6) is -2.41. The molecule has 2 atom stereocenters. The van der Waals surface area contributed by atoms with Gasteiger partial charge in [-0.3, -0.25) is 19.8 Å². The first kappa shape index (κ1) is 18.2. The van der Waals surface area contributed by atoms with Gasteiger partial charge in [-0.05, 0) is 11.6 Å². The summed E-state index contributed by atoms with van der Waals surface area (Å²) in [5, 5.41) is 12.8. The lowest BCUT2D eigenvalue weighted by Crippen LogP contribution is -2.52. The van der Waals surface area contributed by atoms with Crippen molar-refractivity contribution in [1.82, 2.24) is 10.2 Å². The number of carbonyl (C=O) groups is 2. The van der Waals surface area contributed by atoms with Crippen LogP contribution in [-0.2, 0) is 11.0 Å². The minimum atomic E-state index is -4.72. The van der Waals surface area contributed by atoms with Crippen LogP contribution < -0.4 is 5.32 Å². The van der Waals surface area contributed by atoms with Crippen LogP contribution in [0.3, 0.4) is 0 Å². The molecule has 0 aliphatic carbocycles. The predicted octanol–water partition coefficient (Wildman–Crippen LogP) is 2.51. The lowest BCUT2D eigenvalue weighted by Gasteiger charge is -2.36. The molecule has 0 spiro atoms. The fourth-order valence-electron chi connectivity index (χ4n) is 3.14. The van der Waals surface area contributed by atoms with E-state index in [2.05, 4.69) is 15.3 Å². The standard InChI is InChI=1S/C15H8F3N5O4S/c16-15(17,18)7-4-2-1-3-6(7)10-9-11(20-13(25)19-10)22-5-8(23(26)27)28-14(22)21-12(9)24/h1-5,9-10H,(H,19,25). The Bertz CT molecular complexity index is 1020. The summed E-state index contributed by atoms with van der Waals surface area (Å²) >= 11 is 0.592. The zero-order valence-electron chi connectivity index (χ0n) is 13.5. The van der Waals surface area contributed by atoms with E-state index in [9.17, 15) is 32.9 Å². The van der Waals surface area contributed by atoms with E-state index in [0.29, 0.717) is 11.8 Å². The van der Waals surface area contributed by atoms with Gasteiger partial charge in [-0.2, -0.15) is 23.2 Å². The molecule has 4 rings (SSSR count). The van der Waals surface area contributed by atoms with E-state index >= 15 is 0 Å². The Labute approximate surface area is 158 Å². The monoisotopic (exact) mass is 411 g/mol. The molecule has 0 saturated carbocycles. The van der Waals surface area contributed by atoms with Gasteiger partial charge in [0.1, 0.15) is 11.8 Å². The average Bonchev–Trinajstić information content (AvgIpc) is 3.05. The minimum absolute atomic E-state index is 0.0794. The number of fused-ring (bicyclic) bond motifs is 3. The Hall–Kier alpha value is -3.22. The van der Waals surface area contributed by atoms with E-state index in [1.54, 1.807) is 0 Å². The SMILES string of the molecule is O=C1N=C2C(C(=O)N=C3SC([N+](=O)[O-])=CN32)C(c2ccccc2C(F)(F)F)N1. The molecule has 3 heterocycles. The van der Waals surface area contributed by atoms with Gasteiger partial charge in [0.25, 0.3) is 5.91 Å². The van der Waals surface area contributed by atoms with Crippen LogP contribution in [-0.4, -0.2) is 32.8 Å². The van der Waals surface area contributed by atoms with E-state index in [-0.39, 0.29) is 21.6 Å². The van der Waals surface area contributed by atoms with E-state index in [4.69, 9.17) is 0 Å². The fraction of sp³-hybridized carbons (Fsp3) is 0.200. The number of urea groups is 1. The van der Waals surface area contributed by atoms with Crippen LogP contribution in [0.1, 0.15) is 17.2 Å². The second-order valence-corrected chi connectivity index (χ2v) is 6.88. The molecule has 28 heavy (non-hydrogen) atoms. The van der Waals surface area contributed by atoms with E-state index in [1.807, 2.05) is 0 Å². The first-order valence-electron chi connectivity index (χ1n) is 7.68. The van der Waals surface area contributed by atoms with Crippen LogP contribution in [0.2, 0.25) is 0 Å². The maximum atomic E-state index is 13.4. The number of nitro groups is 1.